The summed E-state index contributed by atoms with van der Waals surface area (Å²) < 4.78 is 13.0. The molecule has 15 heavy (non-hydrogen) atoms. The molecule has 2 aromatic rings. The molecule has 0 saturated heterocycles. The third kappa shape index (κ3) is 2.34. The van der Waals surface area contributed by atoms with E-state index in [0.717, 1.165) is 11.1 Å². The highest BCUT2D eigenvalue weighted by Crippen LogP contribution is 2.17. The van der Waals surface area contributed by atoms with Crippen molar-refractivity contribution in [2.24, 2.45) is 0 Å². The van der Waals surface area contributed by atoms with Crippen LogP contribution >= 0.6 is 0 Å². The molecule has 2 aromatic carbocycles. The van der Waals surface area contributed by atoms with Crippen LogP contribution in [0.4, 0.5) is 10.1 Å². The smallest absolute Gasteiger partial charge is 0.123 e. The molecule has 0 saturated carbocycles. The van der Waals surface area contributed by atoms with Crippen LogP contribution in [0.2, 0.25) is 0 Å². The molecule has 0 aliphatic rings. The highest BCUT2D eigenvalue weighted by molar-refractivity contribution is 5.48. The van der Waals surface area contributed by atoms with Crippen LogP contribution in [0.3, 0.4) is 0 Å². The minimum atomic E-state index is -0.241. The SMILES string of the molecule is Nc1ccc(F)cc1Cc1ccccc1. The van der Waals surface area contributed by atoms with Gasteiger partial charge in [0.15, 0.2) is 0 Å². The molecule has 0 radical (unpaired) electrons. The van der Waals surface area contributed by atoms with Gasteiger partial charge in [0.05, 0.1) is 0 Å². The normalized spacial score (nSPS) is 10.2. The van der Waals surface area contributed by atoms with Crippen molar-refractivity contribution in [3.05, 3.63) is 65.5 Å². The molecule has 0 bridgehead atoms. The maximum Gasteiger partial charge on any atom is 0.123 e. The summed E-state index contributed by atoms with van der Waals surface area (Å²) in [5.41, 5.74) is 8.38. The zero-order valence-corrected chi connectivity index (χ0v) is 8.28. The van der Waals surface area contributed by atoms with Crippen LogP contribution in [-0.2, 0) is 6.42 Å². The topological polar surface area (TPSA) is 26.0 Å². The van der Waals surface area contributed by atoms with Gasteiger partial charge in [-0.1, -0.05) is 30.3 Å². The third-order valence-corrected chi connectivity index (χ3v) is 2.34. The molecule has 0 aromatic heterocycles. The summed E-state index contributed by atoms with van der Waals surface area (Å²) in [6, 6.07) is 14.4. The van der Waals surface area contributed by atoms with E-state index in [1.807, 2.05) is 30.3 Å². The Morgan fingerprint density at radius 2 is 1.73 bits per heavy atom. The molecule has 2 heteroatoms. The number of halogens is 1. The minimum Gasteiger partial charge on any atom is -0.398 e. The largest absolute Gasteiger partial charge is 0.398 e. The van der Waals surface area contributed by atoms with Gasteiger partial charge in [0.1, 0.15) is 5.82 Å². The summed E-state index contributed by atoms with van der Waals surface area (Å²) in [5, 5.41) is 0. The number of hydrogen-bond acceptors (Lipinski definition) is 1. The molecule has 0 unspecified atom stereocenters. The van der Waals surface area contributed by atoms with Gasteiger partial charge in [-0.3, -0.25) is 0 Å². The van der Waals surface area contributed by atoms with Gasteiger partial charge < -0.3 is 5.73 Å². The lowest BCUT2D eigenvalue weighted by molar-refractivity contribution is 0.626. The van der Waals surface area contributed by atoms with Crippen LogP contribution in [0.15, 0.2) is 48.5 Å². The second-order valence-corrected chi connectivity index (χ2v) is 3.51. The first-order valence-corrected chi connectivity index (χ1v) is 4.83. The average Bonchev–Trinajstić information content (AvgIpc) is 2.25. The quantitative estimate of drug-likeness (QED) is 0.742. The van der Waals surface area contributed by atoms with Gasteiger partial charge in [-0.25, -0.2) is 4.39 Å². The van der Waals surface area contributed by atoms with Crippen LogP contribution < -0.4 is 5.73 Å². The fourth-order valence-corrected chi connectivity index (χ4v) is 1.54. The first-order chi connectivity index (χ1) is 7.25. The van der Waals surface area contributed by atoms with E-state index in [1.54, 1.807) is 6.07 Å². The number of nitrogens with two attached hydrogens (primary N) is 1. The first-order valence-electron chi connectivity index (χ1n) is 4.83. The van der Waals surface area contributed by atoms with Gasteiger partial charge in [-0.2, -0.15) is 0 Å². The number of anilines is 1. The highest BCUT2D eigenvalue weighted by atomic mass is 19.1. The van der Waals surface area contributed by atoms with E-state index in [9.17, 15) is 4.39 Å². The van der Waals surface area contributed by atoms with Crippen LogP contribution in [0.5, 0.6) is 0 Å². The second-order valence-electron chi connectivity index (χ2n) is 3.51. The summed E-state index contributed by atoms with van der Waals surface area (Å²) in [5.74, 6) is -0.241. The monoisotopic (exact) mass is 201 g/mol. The predicted molar refractivity (Wildman–Crippen MR) is 60.1 cm³/mol. The van der Waals surface area contributed by atoms with E-state index in [2.05, 4.69) is 0 Å². The predicted octanol–water partition coefficient (Wildman–Crippen LogP) is 3.00. The zero-order chi connectivity index (χ0) is 10.7. The van der Waals surface area contributed by atoms with Gasteiger partial charge in [0.25, 0.3) is 0 Å². The van der Waals surface area contributed by atoms with Gasteiger partial charge in [-0.05, 0) is 35.7 Å². The Morgan fingerprint density at radius 3 is 2.47 bits per heavy atom. The second kappa shape index (κ2) is 4.13. The molecule has 0 fully saturated rings. The summed E-state index contributed by atoms with van der Waals surface area (Å²) in [7, 11) is 0. The van der Waals surface area contributed by atoms with Crippen molar-refractivity contribution in [1.82, 2.24) is 0 Å². The van der Waals surface area contributed by atoms with E-state index >= 15 is 0 Å². The van der Waals surface area contributed by atoms with Gasteiger partial charge in [0, 0.05) is 5.69 Å². The molecule has 2 N–H and O–H groups in total. The van der Waals surface area contributed by atoms with Gasteiger partial charge >= 0.3 is 0 Å². The third-order valence-electron chi connectivity index (χ3n) is 2.34. The van der Waals surface area contributed by atoms with E-state index in [-0.39, 0.29) is 5.82 Å². The highest BCUT2D eigenvalue weighted by Gasteiger charge is 2.01. The maximum absolute atomic E-state index is 13.0. The Morgan fingerprint density at radius 1 is 1.00 bits per heavy atom. The fraction of sp³-hybridized carbons (Fsp3) is 0.0769. The van der Waals surface area contributed by atoms with Crippen LogP contribution in [0.1, 0.15) is 11.1 Å². The van der Waals surface area contributed by atoms with E-state index in [4.69, 9.17) is 5.73 Å². The number of hydrogen-bond donors (Lipinski definition) is 1. The van der Waals surface area contributed by atoms with Crippen molar-refractivity contribution >= 4 is 5.69 Å². The zero-order valence-electron chi connectivity index (χ0n) is 8.28. The van der Waals surface area contributed by atoms with Crippen LogP contribution in [-0.4, -0.2) is 0 Å². The van der Waals surface area contributed by atoms with Crippen molar-refractivity contribution in [3.63, 3.8) is 0 Å². The Hall–Kier alpha value is -1.83. The first kappa shape index (κ1) is 9.71. The number of rotatable bonds is 2. The van der Waals surface area contributed by atoms with Crippen molar-refractivity contribution in [2.45, 2.75) is 6.42 Å². The Bertz CT molecular complexity index is 451. The molecule has 0 aliphatic heterocycles. The molecule has 2 rings (SSSR count). The average molecular weight is 201 g/mol. The Kier molecular flexibility index (Phi) is 2.68. The lowest BCUT2D eigenvalue weighted by Crippen LogP contribution is -1.96. The lowest BCUT2D eigenvalue weighted by atomic mass is 10.0. The molecule has 0 spiro atoms. The molecule has 0 aliphatic carbocycles. The number of benzene rings is 2. The molecule has 76 valence electrons. The molecular weight excluding hydrogens is 189 g/mol. The molecule has 1 nitrogen and oxygen atoms in total. The maximum atomic E-state index is 13.0. The standard InChI is InChI=1S/C13H12FN/c14-12-6-7-13(15)11(9-12)8-10-4-2-1-3-5-10/h1-7,9H,8,15H2. The van der Waals surface area contributed by atoms with Gasteiger partial charge in [-0.15, -0.1) is 0 Å². The van der Waals surface area contributed by atoms with Crippen molar-refractivity contribution in [1.29, 1.82) is 0 Å². The molecule has 0 atom stereocenters. The van der Waals surface area contributed by atoms with E-state index in [1.165, 1.54) is 12.1 Å². The summed E-state index contributed by atoms with van der Waals surface area (Å²) >= 11 is 0. The van der Waals surface area contributed by atoms with Gasteiger partial charge in [0.2, 0.25) is 0 Å². The van der Waals surface area contributed by atoms with Crippen molar-refractivity contribution < 1.29 is 4.39 Å². The fourth-order valence-electron chi connectivity index (χ4n) is 1.54. The Balaban J connectivity index is 2.28. The summed E-state index contributed by atoms with van der Waals surface area (Å²) in [6.07, 6.45) is 0.671. The minimum absolute atomic E-state index is 0.241. The van der Waals surface area contributed by atoms with Crippen LogP contribution in [0.25, 0.3) is 0 Å². The summed E-state index contributed by atoms with van der Waals surface area (Å²) in [6.45, 7) is 0. The Labute approximate surface area is 88.4 Å². The van der Waals surface area contributed by atoms with E-state index < -0.39 is 0 Å². The van der Waals surface area contributed by atoms with E-state index in [0.29, 0.717) is 12.1 Å². The molecular formula is C13H12FN. The number of nitrogen functional groups attached to an aromatic ring is 1. The molecule has 0 heterocycles. The van der Waals surface area contributed by atoms with Crippen molar-refractivity contribution in [3.8, 4) is 0 Å². The van der Waals surface area contributed by atoms with Crippen LogP contribution in [0, 0.1) is 5.82 Å². The summed E-state index contributed by atoms with van der Waals surface area (Å²) in [4.78, 5) is 0. The lowest BCUT2D eigenvalue weighted by Gasteiger charge is -2.05. The van der Waals surface area contributed by atoms with Crippen molar-refractivity contribution in [2.75, 3.05) is 5.73 Å². The molecule has 0 amide bonds.